The molecule has 0 saturated carbocycles. The Morgan fingerprint density at radius 2 is 2.16 bits per heavy atom. The van der Waals surface area contributed by atoms with Crippen molar-refractivity contribution in [2.45, 2.75) is 26.4 Å². The van der Waals surface area contributed by atoms with E-state index in [0.717, 1.165) is 25.3 Å². The number of carboxylic acid groups (broad SMARTS) is 1. The Hall–Kier alpha value is -1.47. The average molecular weight is 269 g/mol. The normalized spacial score (nSPS) is 11.4. The lowest BCUT2D eigenvalue weighted by Crippen LogP contribution is -2.36. The number of aliphatic carboxylic acids is 1. The number of rotatable bonds is 9. The fraction of sp³-hybridized carbons (Fsp3) is 0.750. The molecule has 0 aliphatic heterocycles. The molecule has 1 N–H and O–H groups in total. The van der Waals surface area contributed by atoms with Gasteiger partial charge in [0.05, 0.1) is 13.1 Å². The highest BCUT2D eigenvalue weighted by Crippen LogP contribution is 2.02. The highest BCUT2D eigenvalue weighted by molar-refractivity contribution is 5.69. The fourth-order valence-electron chi connectivity index (χ4n) is 1.76. The Morgan fingerprint density at radius 1 is 1.42 bits per heavy atom. The van der Waals surface area contributed by atoms with E-state index < -0.39 is 5.97 Å². The maximum absolute atomic E-state index is 10.9. The molecule has 0 atom stereocenters. The summed E-state index contributed by atoms with van der Waals surface area (Å²) in [4.78, 5) is 19.0. The van der Waals surface area contributed by atoms with Gasteiger partial charge in [-0.3, -0.25) is 9.69 Å². The second-order valence-corrected chi connectivity index (χ2v) is 4.81. The molecule has 7 heteroatoms. The van der Waals surface area contributed by atoms with Crippen molar-refractivity contribution in [3.8, 4) is 0 Å². The van der Waals surface area contributed by atoms with Crippen LogP contribution in [0.3, 0.4) is 0 Å². The number of aromatic nitrogens is 3. The van der Waals surface area contributed by atoms with Crippen molar-refractivity contribution in [2.75, 3.05) is 33.7 Å². The van der Waals surface area contributed by atoms with E-state index in [2.05, 4.69) is 17.0 Å². The molecule has 0 aromatic carbocycles. The molecule has 0 saturated heterocycles. The van der Waals surface area contributed by atoms with Crippen molar-refractivity contribution < 1.29 is 9.90 Å². The quantitative estimate of drug-likeness (QED) is 0.687. The molecular formula is C12H23N5O2. The third-order valence-electron chi connectivity index (χ3n) is 2.72. The maximum atomic E-state index is 10.9. The van der Waals surface area contributed by atoms with Gasteiger partial charge in [-0.25, -0.2) is 9.67 Å². The van der Waals surface area contributed by atoms with Crippen LogP contribution in [0.5, 0.6) is 0 Å². The summed E-state index contributed by atoms with van der Waals surface area (Å²) in [6.07, 6.45) is 2.50. The minimum atomic E-state index is -0.819. The summed E-state index contributed by atoms with van der Waals surface area (Å²) in [6.45, 7) is 4.93. The summed E-state index contributed by atoms with van der Waals surface area (Å²) in [5.41, 5.74) is 0. The lowest BCUT2D eigenvalue weighted by atomic mass is 10.4. The minimum Gasteiger partial charge on any atom is -0.480 e. The smallest absolute Gasteiger partial charge is 0.317 e. The van der Waals surface area contributed by atoms with E-state index in [-0.39, 0.29) is 6.54 Å². The number of likely N-dealkylation sites (N-methyl/N-ethyl adjacent to an activating group) is 1. The van der Waals surface area contributed by atoms with Crippen LogP contribution in [0.2, 0.25) is 0 Å². The van der Waals surface area contributed by atoms with Crippen LogP contribution < -0.4 is 0 Å². The maximum Gasteiger partial charge on any atom is 0.317 e. The van der Waals surface area contributed by atoms with Crippen LogP contribution in [0.4, 0.5) is 0 Å². The first-order valence-corrected chi connectivity index (χ1v) is 6.48. The van der Waals surface area contributed by atoms with Gasteiger partial charge in [-0.1, -0.05) is 6.92 Å². The molecule has 0 bridgehead atoms. The fourth-order valence-corrected chi connectivity index (χ4v) is 1.76. The van der Waals surface area contributed by atoms with Crippen molar-refractivity contribution >= 4 is 5.97 Å². The second-order valence-electron chi connectivity index (χ2n) is 4.81. The standard InChI is InChI=1S/C12H23N5O2/c1-4-5-17-11(13-10-14-17)8-16(9-12(18)19)7-6-15(2)3/h10H,4-9H2,1-3H3,(H,18,19). The molecule has 0 spiro atoms. The van der Waals surface area contributed by atoms with E-state index in [1.807, 2.05) is 28.6 Å². The second kappa shape index (κ2) is 7.85. The first kappa shape index (κ1) is 15.6. The van der Waals surface area contributed by atoms with Gasteiger partial charge < -0.3 is 10.0 Å². The van der Waals surface area contributed by atoms with Crippen molar-refractivity contribution in [1.82, 2.24) is 24.6 Å². The molecule has 0 fully saturated rings. The number of hydrogen-bond acceptors (Lipinski definition) is 5. The minimum absolute atomic E-state index is 0.0207. The zero-order valence-electron chi connectivity index (χ0n) is 11.9. The topological polar surface area (TPSA) is 74.5 Å². The monoisotopic (exact) mass is 269 g/mol. The molecule has 0 unspecified atom stereocenters. The Labute approximate surface area is 113 Å². The summed E-state index contributed by atoms with van der Waals surface area (Å²) < 4.78 is 1.84. The van der Waals surface area contributed by atoms with Crippen LogP contribution in [0, 0.1) is 0 Å². The predicted octanol–water partition coefficient (Wildman–Crippen LogP) is 0.136. The molecule has 1 aromatic heterocycles. The predicted molar refractivity (Wildman–Crippen MR) is 71.8 cm³/mol. The molecule has 1 heterocycles. The molecule has 7 nitrogen and oxygen atoms in total. The average Bonchev–Trinajstić information content (AvgIpc) is 2.73. The summed E-state index contributed by atoms with van der Waals surface area (Å²) in [5.74, 6) is 0.00201. The van der Waals surface area contributed by atoms with Gasteiger partial charge in [0, 0.05) is 19.6 Å². The van der Waals surface area contributed by atoms with Gasteiger partial charge in [0.2, 0.25) is 0 Å². The van der Waals surface area contributed by atoms with Gasteiger partial charge in [0.25, 0.3) is 0 Å². The van der Waals surface area contributed by atoms with Gasteiger partial charge in [-0.2, -0.15) is 5.10 Å². The van der Waals surface area contributed by atoms with E-state index in [0.29, 0.717) is 13.1 Å². The van der Waals surface area contributed by atoms with Crippen molar-refractivity contribution in [3.63, 3.8) is 0 Å². The van der Waals surface area contributed by atoms with Crippen LogP contribution in [0.25, 0.3) is 0 Å². The van der Waals surface area contributed by atoms with Gasteiger partial charge >= 0.3 is 5.97 Å². The third-order valence-corrected chi connectivity index (χ3v) is 2.72. The first-order valence-electron chi connectivity index (χ1n) is 6.48. The number of nitrogens with zero attached hydrogens (tertiary/aromatic N) is 5. The SMILES string of the molecule is CCCn1ncnc1CN(CCN(C)C)CC(=O)O. The van der Waals surface area contributed by atoms with E-state index in [1.165, 1.54) is 6.33 Å². The summed E-state index contributed by atoms with van der Waals surface area (Å²) >= 11 is 0. The molecular weight excluding hydrogens is 246 g/mol. The van der Waals surface area contributed by atoms with Crippen molar-refractivity contribution in [1.29, 1.82) is 0 Å². The highest BCUT2D eigenvalue weighted by atomic mass is 16.4. The lowest BCUT2D eigenvalue weighted by molar-refractivity contribution is -0.138. The number of carboxylic acids is 1. The van der Waals surface area contributed by atoms with Crippen LogP contribution in [-0.2, 0) is 17.9 Å². The summed E-state index contributed by atoms with van der Waals surface area (Å²) in [6, 6.07) is 0. The van der Waals surface area contributed by atoms with Gasteiger partial charge in [-0.15, -0.1) is 0 Å². The highest BCUT2D eigenvalue weighted by Gasteiger charge is 2.14. The Balaban J connectivity index is 2.64. The van der Waals surface area contributed by atoms with Crippen LogP contribution >= 0.6 is 0 Å². The molecule has 0 amide bonds. The van der Waals surface area contributed by atoms with Crippen molar-refractivity contribution in [3.05, 3.63) is 12.2 Å². The molecule has 0 radical (unpaired) electrons. The van der Waals surface area contributed by atoms with Crippen LogP contribution in [0.15, 0.2) is 6.33 Å². The first-order chi connectivity index (χ1) is 9.02. The number of hydrogen-bond donors (Lipinski definition) is 1. The van der Waals surface area contributed by atoms with Gasteiger partial charge in [0.1, 0.15) is 12.2 Å². The third kappa shape index (κ3) is 5.80. The number of aryl methyl sites for hydroxylation is 1. The van der Waals surface area contributed by atoms with Gasteiger partial charge in [-0.05, 0) is 20.5 Å². The molecule has 1 aromatic rings. The zero-order valence-corrected chi connectivity index (χ0v) is 11.9. The Morgan fingerprint density at radius 3 is 2.74 bits per heavy atom. The van der Waals surface area contributed by atoms with Crippen LogP contribution in [-0.4, -0.2) is 69.4 Å². The molecule has 1 rings (SSSR count). The molecule has 108 valence electrons. The lowest BCUT2D eigenvalue weighted by Gasteiger charge is -2.21. The van der Waals surface area contributed by atoms with E-state index >= 15 is 0 Å². The molecule has 0 aliphatic carbocycles. The summed E-state index contributed by atoms with van der Waals surface area (Å²) in [5, 5.41) is 13.1. The Kier molecular flexibility index (Phi) is 6.44. The Bertz CT molecular complexity index is 391. The summed E-state index contributed by atoms with van der Waals surface area (Å²) in [7, 11) is 3.94. The molecule has 0 aliphatic rings. The molecule has 19 heavy (non-hydrogen) atoms. The van der Waals surface area contributed by atoms with Gasteiger partial charge in [0.15, 0.2) is 0 Å². The zero-order chi connectivity index (χ0) is 14.3. The van der Waals surface area contributed by atoms with E-state index in [1.54, 1.807) is 0 Å². The van der Waals surface area contributed by atoms with E-state index in [4.69, 9.17) is 5.11 Å². The van der Waals surface area contributed by atoms with Crippen LogP contribution in [0.1, 0.15) is 19.2 Å². The largest absolute Gasteiger partial charge is 0.480 e. The van der Waals surface area contributed by atoms with Crippen molar-refractivity contribution in [2.24, 2.45) is 0 Å². The van der Waals surface area contributed by atoms with E-state index in [9.17, 15) is 4.79 Å². The number of carbonyl (C=O) groups is 1.